The number of anilines is 2. The van der Waals surface area contributed by atoms with E-state index in [4.69, 9.17) is 14.5 Å². The third kappa shape index (κ3) is 3.95. The van der Waals surface area contributed by atoms with Gasteiger partial charge in [0.25, 0.3) is 0 Å². The minimum Gasteiger partial charge on any atom is -0.497 e. The van der Waals surface area contributed by atoms with Gasteiger partial charge in [0.15, 0.2) is 5.82 Å². The second kappa shape index (κ2) is 8.39. The van der Waals surface area contributed by atoms with E-state index in [0.717, 1.165) is 29.2 Å². The van der Waals surface area contributed by atoms with Crippen LogP contribution in [0.1, 0.15) is 12.0 Å². The summed E-state index contributed by atoms with van der Waals surface area (Å²) in [4.78, 5) is 34.4. The fraction of sp³-hybridized carbons (Fsp3) is 0.409. The van der Waals surface area contributed by atoms with Crippen LogP contribution in [-0.2, 0) is 16.1 Å². The van der Waals surface area contributed by atoms with Crippen LogP contribution in [0.4, 0.5) is 16.4 Å². The number of amides is 2. The molecule has 2 atom stereocenters. The second-order valence-electron chi connectivity index (χ2n) is 7.89. The Morgan fingerprint density at radius 3 is 2.87 bits per heavy atom. The summed E-state index contributed by atoms with van der Waals surface area (Å²) in [6.45, 7) is 2.61. The average molecular weight is 441 g/mol. The van der Waals surface area contributed by atoms with Gasteiger partial charge in [-0.25, -0.2) is 9.78 Å². The quantitative estimate of drug-likeness (QED) is 0.783. The number of piperidine rings is 1. The number of carbonyl (C=O) groups is 2. The van der Waals surface area contributed by atoms with Crippen LogP contribution in [0.25, 0.3) is 0 Å². The molecule has 5 rings (SSSR count). The Morgan fingerprint density at radius 2 is 2.06 bits per heavy atom. The first kappa shape index (κ1) is 20.1. The van der Waals surface area contributed by atoms with Crippen molar-refractivity contribution >= 4 is 35.4 Å². The number of aromatic nitrogens is 1. The van der Waals surface area contributed by atoms with Gasteiger partial charge in [0.05, 0.1) is 24.3 Å². The Kier molecular flexibility index (Phi) is 5.45. The molecule has 162 valence electrons. The Morgan fingerprint density at radius 1 is 1.23 bits per heavy atom. The zero-order chi connectivity index (χ0) is 21.4. The van der Waals surface area contributed by atoms with E-state index in [1.807, 2.05) is 36.4 Å². The molecule has 9 heteroatoms. The molecule has 3 aliphatic rings. The van der Waals surface area contributed by atoms with Crippen molar-refractivity contribution in [1.29, 1.82) is 0 Å². The molecule has 0 radical (unpaired) electrons. The van der Waals surface area contributed by atoms with Crippen LogP contribution in [-0.4, -0.2) is 55.6 Å². The molecular formula is C22H24N4O4S. The Labute approximate surface area is 184 Å². The van der Waals surface area contributed by atoms with Crippen molar-refractivity contribution in [2.75, 3.05) is 42.3 Å². The lowest BCUT2D eigenvalue weighted by molar-refractivity contribution is -0.116. The minimum absolute atomic E-state index is 0.00222. The molecule has 2 saturated heterocycles. The first-order valence-corrected chi connectivity index (χ1v) is 11.4. The minimum atomic E-state index is -0.381. The van der Waals surface area contributed by atoms with E-state index in [9.17, 15) is 9.59 Å². The normalized spacial score (nSPS) is 23.1. The molecular weight excluding hydrogens is 416 g/mol. The van der Waals surface area contributed by atoms with Gasteiger partial charge in [-0.2, -0.15) is 0 Å². The Hall–Kier alpha value is -2.78. The molecule has 1 aromatic heterocycles. The lowest BCUT2D eigenvalue weighted by Gasteiger charge is -2.40. The van der Waals surface area contributed by atoms with Crippen LogP contribution in [0.15, 0.2) is 41.3 Å². The molecule has 1 N–H and O–H groups in total. The summed E-state index contributed by atoms with van der Waals surface area (Å²) in [6, 6.07) is 11.4. The first-order chi connectivity index (χ1) is 15.1. The summed E-state index contributed by atoms with van der Waals surface area (Å²) < 4.78 is 10.9. The van der Waals surface area contributed by atoms with Gasteiger partial charge in [0.2, 0.25) is 5.91 Å². The highest BCUT2D eigenvalue weighted by Gasteiger charge is 2.38. The molecule has 0 unspecified atom stereocenters. The van der Waals surface area contributed by atoms with Gasteiger partial charge >= 0.3 is 6.09 Å². The van der Waals surface area contributed by atoms with E-state index in [1.165, 1.54) is 11.8 Å². The predicted octanol–water partition coefficient (Wildman–Crippen LogP) is 2.66. The number of hydrogen-bond acceptors (Lipinski definition) is 7. The fourth-order valence-corrected chi connectivity index (χ4v) is 5.10. The van der Waals surface area contributed by atoms with Crippen molar-refractivity contribution in [1.82, 2.24) is 10.3 Å². The Bertz CT molecular complexity index is 1000. The van der Waals surface area contributed by atoms with Crippen LogP contribution in [0.5, 0.6) is 5.75 Å². The highest BCUT2D eigenvalue weighted by atomic mass is 32.2. The fourth-order valence-electron chi connectivity index (χ4n) is 4.21. The number of hydrogen-bond donors (Lipinski definition) is 1. The number of pyridine rings is 1. The van der Waals surface area contributed by atoms with E-state index >= 15 is 0 Å². The van der Waals surface area contributed by atoms with Crippen molar-refractivity contribution in [3.05, 3.63) is 42.0 Å². The van der Waals surface area contributed by atoms with Gasteiger partial charge in [-0.15, -0.1) is 11.8 Å². The number of carbonyl (C=O) groups excluding carboxylic acids is 2. The maximum absolute atomic E-state index is 12.8. The number of methoxy groups -OCH3 is 1. The summed E-state index contributed by atoms with van der Waals surface area (Å²) in [7, 11) is 1.62. The van der Waals surface area contributed by atoms with Crippen molar-refractivity contribution in [2.24, 2.45) is 5.92 Å². The third-order valence-electron chi connectivity index (χ3n) is 5.96. The lowest BCUT2D eigenvalue weighted by atomic mass is 9.93. The topological polar surface area (TPSA) is 84.0 Å². The number of rotatable bonds is 4. The summed E-state index contributed by atoms with van der Waals surface area (Å²) >= 11 is 1.47. The monoisotopic (exact) mass is 440 g/mol. The molecule has 0 bridgehead atoms. The van der Waals surface area contributed by atoms with Crippen LogP contribution in [0.2, 0.25) is 0 Å². The number of benzene rings is 1. The molecule has 8 nitrogen and oxygen atoms in total. The van der Waals surface area contributed by atoms with Crippen molar-refractivity contribution in [3.63, 3.8) is 0 Å². The first-order valence-electron chi connectivity index (χ1n) is 10.4. The summed E-state index contributed by atoms with van der Waals surface area (Å²) in [5.74, 6) is 2.53. The molecule has 0 spiro atoms. The standard InChI is InChI=1S/C22H24N4O4S/c1-29-16-4-2-14(3-5-16)11-26-20(27)13-31-18-6-7-19(24-21(18)26)25-12-15-8-9-23-10-17(15)30-22(25)28/h2-7,15,17,23H,8-13H2,1H3/t15-,17+/m0/s1. The highest BCUT2D eigenvalue weighted by Crippen LogP contribution is 2.37. The van der Waals surface area contributed by atoms with Crippen molar-refractivity contribution in [3.8, 4) is 5.75 Å². The average Bonchev–Trinajstić information content (AvgIpc) is 2.80. The van der Waals surface area contributed by atoms with Crippen LogP contribution >= 0.6 is 11.8 Å². The summed E-state index contributed by atoms with van der Waals surface area (Å²) in [5, 5.41) is 3.27. The molecule has 2 amide bonds. The SMILES string of the molecule is COc1ccc(CN2C(=O)CSc3ccc(N4C[C@@H]5CCNC[C@H]5OC4=O)nc32)cc1. The van der Waals surface area contributed by atoms with Crippen molar-refractivity contribution < 1.29 is 19.1 Å². The molecule has 1 aromatic carbocycles. The predicted molar refractivity (Wildman–Crippen MR) is 118 cm³/mol. The Balaban J connectivity index is 1.42. The molecule has 3 aliphatic heterocycles. The van der Waals surface area contributed by atoms with Gasteiger partial charge in [-0.3, -0.25) is 14.6 Å². The van der Waals surface area contributed by atoms with Gasteiger partial charge in [0.1, 0.15) is 17.7 Å². The van der Waals surface area contributed by atoms with Gasteiger partial charge in [-0.05, 0) is 42.8 Å². The molecule has 31 heavy (non-hydrogen) atoms. The smallest absolute Gasteiger partial charge is 0.415 e. The number of thioether (sulfide) groups is 1. The van der Waals surface area contributed by atoms with Crippen LogP contribution in [0.3, 0.4) is 0 Å². The van der Waals surface area contributed by atoms with E-state index in [2.05, 4.69) is 5.32 Å². The van der Waals surface area contributed by atoms with E-state index < -0.39 is 0 Å². The highest BCUT2D eigenvalue weighted by molar-refractivity contribution is 8.00. The van der Waals surface area contributed by atoms with Crippen LogP contribution in [0, 0.1) is 5.92 Å². The van der Waals surface area contributed by atoms with E-state index in [1.54, 1.807) is 16.9 Å². The zero-order valence-corrected chi connectivity index (χ0v) is 18.1. The third-order valence-corrected chi connectivity index (χ3v) is 6.98. The number of fused-ring (bicyclic) bond motifs is 2. The van der Waals surface area contributed by atoms with E-state index in [-0.39, 0.29) is 24.0 Å². The van der Waals surface area contributed by atoms with Crippen molar-refractivity contribution in [2.45, 2.75) is 24.0 Å². The number of ether oxygens (including phenoxy) is 2. The molecule has 2 fully saturated rings. The summed E-state index contributed by atoms with van der Waals surface area (Å²) in [6.07, 6.45) is 0.491. The van der Waals surface area contributed by atoms with Gasteiger partial charge < -0.3 is 14.8 Å². The van der Waals surface area contributed by atoms with Gasteiger partial charge in [0, 0.05) is 19.0 Å². The zero-order valence-electron chi connectivity index (χ0n) is 17.2. The van der Waals surface area contributed by atoms with Gasteiger partial charge in [-0.1, -0.05) is 12.1 Å². The van der Waals surface area contributed by atoms with E-state index in [0.29, 0.717) is 37.0 Å². The van der Waals surface area contributed by atoms with Crippen LogP contribution < -0.4 is 19.9 Å². The number of nitrogens with one attached hydrogen (secondary N) is 1. The molecule has 4 heterocycles. The largest absolute Gasteiger partial charge is 0.497 e. The number of nitrogens with zero attached hydrogens (tertiary/aromatic N) is 3. The maximum atomic E-state index is 12.8. The lowest BCUT2D eigenvalue weighted by Crippen LogP contribution is -2.55. The molecule has 2 aromatic rings. The molecule has 0 aliphatic carbocycles. The second-order valence-corrected chi connectivity index (χ2v) is 8.91. The summed E-state index contributed by atoms with van der Waals surface area (Å²) in [5.41, 5.74) is 0.981. The maximum Gasteiger partial charge on any atom is 0.415 e. The molecule has 0 saturated carbocycles.